The Morgan fingerprint density at radius 2 is 1.72 bits per heavy atom. The van der Waals surface area contributed by atoms with Crippen LogP contribution in [0.25, 0.3) is 11.3 Å². The van der Waals surface area contributed by atoms with Gasteiger partial charge < -0.3 is 9.84 Å². The summed E-state index contributed by atoms with van der Waals surface area (Å²) < 4.78 is 5.22. The Hall–Kier alpha value is -2.30. The fourth-order valence-corrected chi connectivity index (χ4v) is 3.09. The van der Waals surface area contributed by atoms with E-state index in [0.717, 1.165) is 5.56 Å². The molecule has 0 bridgehead atoms. The molecule has 0 spiro atoms. The second kappa shape index (κ2) is 7.30. The highest BCUT2D eigenvalue weighted by Crippen LogP contribution is 2.36. The van der Waals surface area contributed by atoms with Crippen LogP contribution in [0.3, 0.4) is 0 Å². The van der Waals surface area contributed by atoms with Gasteiger partial charge in [-0.3, -0.25) is 4.79 Å². The van der Waals surface area contributed by atoms with Crippen molar-refractivity contribution in [3.05, 3.63) is 75.0 Å². The largest absolute Gasteiger partial charge is 0.360 e. The predicted octanol–water partition coefficient (Wildman–Crippen LogP) is 5.20. The van der Waals surface area contributed by atoms with Crippen molar-refractivity contribution in [1.82, 2.24) is 10.5 Å². The maximum absolute atomic E-state index is 12.7. The van der Waals surface area contributed by atoms with E-state index in [9.17, 15) is 4.79 Å². The van der Waals surface area contributed by atoms with Gasteiger partial charge in [-0.25, -0.2) is 0 Å². The molecule has 0 atom stereocenters. The molecule has 1 N–H and O–H groups in total. The number of hydrogen-bond donors (Lipinski definition) is 1. The molecule has 3 rings (SSSR count). The van der Waals surface area contributed by atoms with E-state index >= 15 is 0 Å². The van der Waals surface area contributed by atoms with E-state index in [2.05, 4.69) is 10.5 Å². The van der Waals surface area contributed by atoms with Gasteiger partial charge in [0, 0.05) is 12.1 Å². The lowest BCUT2D eigenvalue weighted by Gasteiger charge is -2.08. The van der Waals surface area contributed by atoms with Gasteiger partial charge >= 0.3 is 0 Å². The van der Waals surface area contributed by atoms with Gasteiger partial charge in [-0.1, -0.05) is 64.3 Å². The fraction of sp³-hybridized carbons (Fsp3) is 0.158. The number of rotatable bonds is 4. The Balaban J connectivity index is 1.88. The molecule has 0 unspecified atom stereocenters. The molecule has 0 aliphatic rings. The van der Waals surface area contributed by atoms with Crippen molar-refractivity contribution in [3.8, 4) is 11.3 Å². The molecule has 0 fully saturated rings. The predicted molar refractivity (Wildman–Crippen MR) is 99.0 cm³/mol. The summed E-state index contributed by atoms with van der Waals surface area (Å²) in [6.07, 6.45) is 0. The lowest BCUT2D eigenvalue weighted by atomic mass is 10.1. The van der Waals surface area contributed by atoms with E-state index in [-0.39, 0.29) is 5.91 Å². The first-order valence-electron chi connectivity index (χ1n) is 7.71. The van der Waals surface area contributed by atoms with Gasteiger partial charge in [0.1, 0.15) is 17.0 Å². The molecule has 3 aromatic rings. The standard InChI is InChI=1S/C19H16Cl2N2O2/c1-11-6-8-13(9-7-11)10-22-19(24)16-12(2)25-23-18(16)17-14(20)4-3-5-15(17)21/h3-9H,10H2,1-2H3,(H,22,24). The van der Waals surface area contributed by atoms with Crippen molar-refractivity contribution in [2.24, 2.45) is 0 Å². The molecule has 0 saturated heterocycles. The van der Waals surface area contributed by atoms with E-state index in [0.29, 0.717) is 39.2 Å². The van der Waals surface area contributed by atoms with Crippen LogP contribution < -0.4 is 5.32 Å². The fourth-order valence-electron chi connectivity index (χ4n) is 2.51. The average molecular weight is 375 g/mol. The molecule has 128 valence electrons. The van der Waals surface area contributed by atoms with Gasteiger partial charge in [-0.2, -0.15) is 0 Å². The number of nitrogens with zero attached hydrogens (tertiary/aromatic N) is 1. The van der Waals surface area contributed by atoms with Crippen molar-refractivity contribution in [3.63, 3.8) is 0 Å². The number of carbonyl (C=O) groups is 1. The van der Waals surface area contributed by atoms with E-state index in [4.69, 9.17) is 27.7 Å². The summed E-state index contributed by atoms with van der Waals surface area (Å²) in [4.78, 5) is 12.7. The molecule has 2 aromatic carbocycles. The zero-order valence-electron chi connectivity index (χ0n) is 13.8. The maximum Gasteiger partial charge on any atom is 0.257 e. The highest BCUT2D eigenvalue weighted by atomic mass is 35.5. The molecule has 0 aliphatic heterocycles. The van der Waals surface area contributed by atoms with Crippen LogP contribution >= 0.6 is 23.2 Å². The number of carbonyl (C=O) groups excluding carboxylic acids is 1. The Morgan fingerprint density at radius 1 is 1.08 bits per heavy atom. The van der Waals surface area contributed by atoms with Gasteiger partial charge in [-0.15, -0.1) is 0 Å². The molecular weight excluding hydrogens is 359 g/mol. The lowest BCUT2D eigenvalue weighted by Crippen LogP contribution is -2.23. The summed E-state index contributed by atoms with van der Waals surface area (Å²) in [5.74, 6) is 0.123. The molecule has 4 nitrogen and oxygen atoms in total. The second-order valence-electron chi connectivity index (χ2n) is 5.73. The van der Waals surface area contributed by atoms with Crippen LogP contribution in [0.2, 0.25) is 10.0 Å². The molecule has 25 heavy (non-hydrogen) atoms. The van der Waals surface area contributed by atoms with Crippen LogP contribution in [-0.2, 0) is 6.54 Å². The third-order valence-electron chi connectivity index (χ3n) is 3.86. The number of nitrogens with one attached hydrogen (secondary N) is 1. The second-order valence-corrected chi connectivity index (χ2v) is 6.54. The van der Waals surface area contributed by atoms with E-state index in [1.54, 1.807) is 25.1 Å². The minimum Gasteiger partial charge on any atom is -0.360 e. The van der Waals surface area contributed by atoms with Crippen molar-refractivity contribution in [1.29, 1.82) is 0 Å². The smallest absolute Gasteiger partial charge is 0.257 e. The lowest BCUT2D eigenvalue weighted by molar-refractivity contribution is 0.0950. The minimum atomic E-state index is -0.287. The first kappa shape index (κ1) is 17.5. The zero-order valence-corrected chi connectivity index (χ0v) is 15.3. The molecule has 1 aromatic heterocycles. The van der Waals surface area contributed by atoms with E-state index in [1.165, 1.54) is 5.56 Å². The normalized spacial score (nSPS) is 10.7. The SMILES string of the molecule is Cc1ccc(CNC(=O)c2c(-c3c(Cl)cccc3Cl)noc2C)cc1. The summed E-state index contributed by atoms with van der Waals surface area (Å²) >= 11 is 12.5. The number of aromatic nitrogens is 1. The zero-order chi connectivity index (χ0) is 18.0. The first-order chi connectivity index (χ1) is 12.0. The third kappa shape index (κ3) is 3.70. The van der Waals surface area contributed by atoms with Gasteiger partial charge in [-0.05, 0) is 31.5 Å². The molecule has 6 heteroatoms. The number of amides is 1. The Labute approximate surface area is 155 Å². The molecule has 1 heterocycles. The summed E-state index contributed by atoms with van der Waals surface area (Å²) in [7, 11) is 0. The number of hydrogen-bond acceptors (Lipinski definition) is 3. The maximum atomic E-state index is 12.7. The van der Waals surface area contributed by atoms with Gasteiger partial charge in [0.05, 0.1) is 10.0 Å². The van der Waals surface area contributed by atoms with Crippen molar-refractivity contribution in [2.75, 3.05) is 0 Å². The van der Waals surface area contributed by atoms with E-state index in [1.807, 2.05) is 31.2 Å². The summed E-state index contributed by atoms with van der Waals surface area (Å²) in [6, 6.07) is 13.1. The summed E-state index contributed by atoms with van der Waals surface area (Å²) in [5, 5.41) is 7.70. The molecule has 1 amide bonds. The van der Waals surface area contributed by atoms with E-state index < -0.39 is 0 Å². The highest BCUT2D eigenvalue weighted by molar-refractivity contribution is 6.39. The monoisotopic (exact) mass is 374 g/mol. The number of aryl methyl sites for hydroxylation is 2. The van der Waals surface area contributed by atoms with Crippen molar-refractivity contribution >= 4 is 29.1 Å². The Bertz CT molecular complexity index is 897. The van der Waals surface area contributed by atoms with Crippen LogP contribution in [0, 0.1) is 13.8 Å². The van der Waals surface area contributed by atoms with Gasteiger partial charge in [0.2, 0.25) is 0 Å². The van der Waals surface area contributed by atoms with Crippen LogP contribution in [-0.4, -0.2) is 11.1 Å². The van der Waals surface area contributed by atoms with Crippen molar-refractivity contribution in [2.45, 2.75) is 20.4 Å². The topological polar surface area (TPSA) is 55.1 Å². The van der Waals surface area contributed by atoms with Gasteiger partial charge in [0.25, 0.3) is 5.91 Å². The molecule has 0 saturated carbocycles. The number of benzene rings is 2. The van der Waals surface area contributed by atoms with Crippen LogP contribution in [0.5, 0.6) is 0 Å². The Kier molecular flexibility index (Phi) is 5.11. The average Bonchev–Trinajstić information content (AvgIpc) is 2.95. The molecular formula is C19H16Cl2N2O2. The van der Waals surface area contributed by atoms with Gasteiger partial charge in [0.15, 0.2) is 0 Å². The minimum absolute atomic E-state index is 0.287. The highest BCUT2D eigenvalue weighted by Gasteiger charge is 2.24. The van der Waals surface area contributed by atoms with Crippen molar-refractivity contribution < 1.29 is 9.32 Å². The van der Waals surface area contributed by atoms with Crippen LogP contribution in [0.1, 0.15) is 27.2 Å². The third-order valence-corrected chi connectivity index (χ3v) is 4.49. The number of halogens is 2. The summed E-state index contributed by atoms with van der Waals surface area (Å²) in [5.41, 5.74) is 3.34. The summed E-state index contributed by atoms with van der Waals surface area (Å²) in [6.45, 7) is 4.10. The van der Waals surface area contributed by atoms with Crippen LogP contribution in [0.15, 0.2) is 47.0 Å². The molecule has 0 aliphatic carbocycles. The molecule has 0 radical (unpaired) electrons. The first-order valence-corrected chi connectivity index (χ1v) is 8.47. The Morgan fingerprint density at radius 3 is 2.36 bits per heavy atom. The quantitative estimate of drug-likeness (QED) is 0.682. The van der Waals surface area contributed by atoms with Crippen LogP contribution in [0.4, 0.5) is 0 Å².